The van der Waals surface area contributed by atoms with Gasteiger partial charge in [0, 0.05) is 12.6 Å². The summed E-state index contributed by atoms with van der Waals surface area (Å²) in [5.74, 6) is 2.02. The highest BCUT2D eigenvalue weighted by Crippen LogP contribution is 2.31. The SMILES string of the molecule is CC(C)(C)OC(=O)NCCCOc1ccccc1-c1cc(Nc2cnc(C#N)cn2)no1. The summed E-state index contributed by atoms with van der Waals surface area (Å²) in [6, 6.07) is 11.0. The van der Waals surface area contributed by atoms with Crippen LogP contribution in [0.1, 0.15) is 32.9 Å². The fourth-order valence-electron chi connectivity index (χ4n) is 2.60. The van der Waals surface area contributed by atoms with Crippen molar-refractivity contribution in [2.75, 3.05) is 18.5 Å². The number of aromatic nitrogens is 3. The molecule has 2 heterocycles. The summed E-state index contributed by atoms with van der Waals surface area (Å²) in [4.78, 5) is 19.7. The van der Waals surface area contributed by atoms with Gasteiger partial charge >= 0.3 is 6.09 Å². The fourth-order valence-corrected chi connectivity index (χ4v) is 2.60. The van der Waals surface area contributed by atoms with E-state index in [-0.39, 0.29) is 5.69 Å². The van der Waals surface area contributed by atoms with Crippen LogP contribution in [-0.4, -0.2) is 40.0 Å². The highest BCUT2D eigenvalue weighted by atomic mass is 16.6. The zero-order chi connectivity index (χ0) is 23.0. The molecule has 10 nitrogen and oxygen atoms in total. The first-order valence-corrected chi connectivity index (χ1v) is 9.99. The monoisotopic (exact) mass is 436 g/mol. The lowest BCUT2D eigenvalue weighted by atomic mass is 10.1. The number of ether oxygens (including phenoxy) is 2. The zero-order valence-corrected chi connectivity index (χ0v) is 18.1. The summed E-state index contributed by atoms with van der Waals surface area (Å²) >= 11 is 0. The molecule has 0 bridgehead atoms. The third kappa shape index (κ3) is 6.70. The summed E-state index contributed by atoms with van der Waals surface area (Å²) in [6.45, 7) is 6.27. The van der Waals surface area contributed by atoms with Gasteiger partial charge in [0.1, 0.15) is 23.2 Å². The maximum absolute atomic E-state index is 11.7. The Morgan fingerprint density at radius 3 is 2.72 bits per heavy atom. The quantitative estimate of drug-likeness (QED) is 0.501. The van der Waals surface area contributed by atoms with Crippen molar-refractivity contribution in [1.29, 1.82) is 5.26 Å². The fraction of sp³-hybridized carbons (Fsp3) is 0.318. The Hall–Kier alpha value is -4.13. The van der Waals surface area contributed by atoms with Crippen LogP contribution in [0.4, 0.5) is 16.4 Å². The van der Waals surface area contributed by atoms with Crippen molar-refractivity contribution in [2.24, 2.45) is 0 Å². The molecule has 0 aliphatic carbocycles. The van der Waals surface area contributed by atoms with E-state index in [1.807, 2.05) is 51.1 Å². The molecule has 0 radical (unpaired) electrons. The Labute approximate surface area is 185 Å². The average Bonchev–Trinajstić information content (AvgIpc) is 3.21. The molecule has 2 aromatic heterocycles. The van der Waals surface area contributed by atoms with Crippen LogP contribution in [0, 0.1) is 11.3 Å². The summed E-state index contributed by atoms with van der Waals surface area (Å²) in [5, 5.41) is 18.5. The third-order valence-corrected chi connectivity index (χ3v) is 3.93. The molecule has 1 amide bonds. The molecule has 0 aliphatic heterocycles. The second-order valence-electron chi connectivity index (χ2n) is 7.73. The lowest BCUT2D eigenvalue weighted by Crippen LogP contribution is -2.33. The predicted molar refractivity (Wildman–Crippen MR) is 116 cm³/mol. The average molecular weight is 436 g/mol. The van der Waals surface area contributed by atoms with Gasteiger partial charge < -0.3 is 24.6 Å². The van der Waals surface area contributed by atoms with Crippen molar-refractivity contribution in [3.05, 3.63) is 48.4 Å². The summed E-state index contributed by atoms with van der Waals surface area (Å²) in [6.07, 6.45) is 2.96. The van der Waals surface area contributed by atoms with E-state index in [0.717, 1.165) is 5.56 Å². The molecule has 0 saturated heterocycles. The van der Waals surface area contributed by atoms with Crippen LogP contribution in [-0.2, 0) is 4.74 Å². The molecule has 166 valence electrons. The molecule has 1 aromatic carbocycles. The summed E-state index contributed by atoms with van der Waals surface area (Å²) < 4.78 is 16.5. The van der Waals surface area contributed by atoms with Crippen molar-refractivity contribution in [2.45, 2.75) is 32.8 Å². The molecule has 0 aliphatic rings. The number of anilines is 2. The van der Waals surface area contributed by atoms with Gasteiger partial charge in [-0.1, -0.05) is 17.3 Å². The molecule has 32 heavy (non-hydrogen) atoms. The highest BCUT2D eigenvalue weighted by Gasteiger charge is 2.16. The maximum atomic E-state index is 11.7. The molecule has 0 spiro atoms. The number of hydrogen-bond acceptors (Lipinski definition) is 9. The number of nitrogens with one attached hydrogen (secondary N) is 2. The van der Waals surface area contributed by atoms with Crippen molar-refractivity contribution >= 4 is 17.7 Å². The Balaban J connectivity index is 1.55. The first-order valence-electron chi connectivity index (χ1n) is 9.99. The van der Waals surface area contributed by atoms with Crippen LogP contribution in [0.2, 0.25) is 0 Å². The number of rotatable bonds is 8. The number of para-hydroxylation sites is 1. The highest BCUT2D eigenvalue weighted by molar-refractivity contribution is 5.69. The molecule has 10 heteroatoms. The lowest BCUT2D eigenvalue weighted by Gasteiger charge is -2.19. The number of nitriles is 1. The number of alkyl carbamates (subject to hydrolysis) is 1. The lowest BCUT2D eigenvalue weighted by molar-refractivity contribution is 0.0525. The minimum atomic E-state index is -0.531. The van der Waals surface area contributed by atoms with Crippen LogP contribution >= 0.6 is 0 Å². The standard InChI is InChI=1S/C22H24N6O4/c1-22(2,3)31-21(29)24-9-6-10-30-17-8-5-4-7-16(17)18-11-19(28-32-18)27-20-14-25-15(12-23)13-26-20/h4-5,7-8,11,13-14H,6,9-10H2,1-3H3,(H,24,29)(H,26,27,28). The third-order valence-electron chi connectivity index (χ3n) is 3.93. The van der Waals surface area contributed by atoms with Crippen molar-refractivity contribution in [3.63, 3.8) is 0 Å². The smallest absolute Gasteiger partial charge is 0.407 e. The maximum Gasteiger partial charge on any atom is 0.407 e. The van der Waals surface area contributed by atoms with Gasteiger partial charge in [-0.15, -0.1) is 0 Å². The molecule has 0 saturated carbocycles. The van der Waals surface area contributed by atoms with E-state index in [9.17, 15) is 4.79 Å². The van der Waals surface area contributed by atoms with Gasteiger partial charge in [0.15, 0.2) is 17.3 Å². The number of nitrogens with zero attached hydrogens (tertiary/aromatic N) is 4. The van der Waals surface area contributed by atoms with E-state index in [0.29, 0.717) is 42.7 Å². The molecule has 3 aromatic rings. The number of amides is 1. The van der Waals surface area contributed by atoms with Gasteiger partial charge in [-0.25, -0.2) is 14.8 Å². The number of hydrogen-bond donors (Lipinski definition) is 2. The van der Waals surface area contributed by atoms with Gasteiger partial charge in [-0.05, 0) is 39.3 Å². The van der Waals surface area contributed by atoms with E-state index in [1.165, 1.54) is 12.4 Å². The van der Waals surface area contributed by atoms with E-state index in [1.54, 1.807) is 6.07 Å². The van der Waals surface area contributed by atoms with Crippen LogP contribution in [0.15, 0.2) is 47.2 Å². The Bertz CT molecular complexity index is 1080. The first-order chi connectivity index (χ1) is 15.3. The molecule has 3 rings (SSSR count). The Morgan fingerprint density at radius 1 is 1.19 bits per heavy atom. The zero-order valence-electron chi connectivity index (χ0n) is 18.1. The molecule has 0 fully saturated rings. The number of benzene rings is 1. The summed E-state index contributed by atoms with van der Waals surface area (Å²) in [7, 11) is 0. The van der Waals surface area contributed by atoms with Gasteiger partial charge in [0.2, 0.25) is 0 Å². The van der Waals surface area contributed by atoms with E-state index in [4.69, 9.17) is 19.3 Å². The van der Waals surface area contributed by atoms with Crippen molar-refractivity contribution < 1.29 is 18.8 Å². The van der Waals surface area contributed by atoms with Gasteiger partial charge in [0.05, 0.1) is 24.6 Å². The summed E-state index contributed by atoms with van der Waals surface area (Å²) in [5.41, 5.74) is 0.430. The van der Waals surface area contributed by atoms with E-state index in [2.05, 4.69) is 25.8 Å². The minimum Gasteiger partial charge on any atom is -0.493 e. The first kappa shape index (κ1) is 22.6. The van der Waals surface area contributed by atoms with Crippen molar-refractivity contribution in [1.82, 2.24) is 20.4 Å². The second-order valence-corrected chi connectivity index (χ2v) is 7.73. The van der Waals surface area contributed by atoms with E-state index < -0.39 is 11.7 Å². The Kier molecular flexibility index (Phi) is 7.23. The van der Waals surface area contributed by atoms with Crippen LogP contribution in [0.25, 0.3) is 11.3 Å². The molecule has 0 unspecified atom stereocenters. The molecule has 2 N–H and O–H groups in total. The largest absolute Gasteiger partial charge is 0.493 e. The normalized spacial score (nSPS) is 10.8. The molecular formula is C22H24N6O4. The second kappa shape index (κ2) is 10.3. The van der Waals surface area contributed by atoms with Gasteiger partial charge in [0.25, 0.3) is 0 Å². The Morgan fingerprint density at radius 2 is 2.00 bits per heavy atom. The van der Waals surface area contributed by atoms with Gasteiger partial charge in [-0.2, -0.15) is 5.26 Å². The van der Waals surface area contributed by atoms with E-state index >= 15 is 0 Å². The molecular weight excluding hydrogens is 412 g/mol. The topological polar surface area (TPSA) is 135 Å². The van der Waals surface area contributed by atoms with Crippen LogP contribution in [0.3, 0.4) is 0 Å². The molecule has 0 atom stereocenters. The minimum absolute atomic E-state index is 0.226. The number of carbonyl (C=O) groups is 1. The number of carbonyl (C=O) groups excluding carboxylic acids is 1. The van der Waals surface area contributed by atoms with Crippen LogP contribution in [0.5, 0.6) is 5.75 Å². The predicted octanol–water partition coefficient (Wildman–Crippen LogP) is 4.04. The van der Waals surface area contributed by atoms with Crippen LogP contribution < -0.4 is 15.4 Å². The van der Waals surface area contributed by atoms with Gasteiger partial charge in [-0.3, -0.25) is 0 Å². The van der Waals surface area contributed by atoms with Crippen molar-refractivity contribution in [3.8, 4) is 23.1 Å².